The van der Waals surface area contributed by atoms with Gasteiger partial charge in [0, 0.05) is 36.1 Å². The molecule has 6 heteroatoms. The summed E-state index contributed by atoms with van der Waals surface area (Å²) in [7, 11) is 0. The van der Waals surface area contributed by atoms with Crippen molar-refractivity contribution in [2.45, 2.75) is 6.54 Å². The number of hydrogen-bond acceptors (Lipinski definition) is 5. The smallest absolute Gasteiger partial charge is 0.274 e. The molecule has 6 nitrogen and oxygen atoms in total. The largest absolute Gasteiger partial charge is 0.384 e. The summed E-state index contributed by atoms with van der Waals surface area (Å²) >= 11 is 0. The summed E-state index contributed by atoms with van der Waals surface area (Å²) in [4.78, 5) is 14.3. The van der Waals surface area contributed by atoms with Crippen LogP contribution in [0.15, 0.2) is 42.6 Å². The molecule has 1 aromatic carbocycles. The summed E-state index contributed by atoms with van der Waals surface area (Å²) in [5.74, 6) is 0.405. The fourth-order valence-electron chi connectivity index (χ4n) is 1.59. The number of aromatic nitrogens is 1. The van der Waals surface area contributed by atoms with Crippen molar-refractivity contribution in [2.75, 3.05) is 11.1 Å². The number of para-hydroxylation sites is 1. The molecule has 2 rings (SSSR count). The molecule has 0 fully saturated rings. The first-order valence-corrected chi connectivity index (χ1v) is 5.34. The Hall–Kier alpha value is -2.63. The molecule has 1 aromatic heterocycles. The number of pyridine rings is 1. The zero-order valence-electron chi connectivity index (χ0n) is 9.54. The number of nitro groups is 1. The van der Waals surface area contributed by atoms with Crippen molar-refractivity contribution in [3.8, 4) is 0 Å². The number of anilines is 2. The van der Waals surface area contributed by atoms with Gasteiger partial charge in [-0.25, -0.2) is 4.98 Å². The first kappa shape index (κ1) is 11.8. The molecule has 0 saturated carbocycles. The van der Waals surface area contributed by atoms with Crippen molar-refractivity contribution in [3.05, 3.63) is 58.3 Å². The second kappa shape index (κ2) is 5.13. The van der Waals surface area contributed by atoms with Crippen molar-refractivity contribution in [1.29, 1.82) is 0 Å². The van der Waals surface area contributed by atoms with Gasteiger partial charge in [0.1, 0.15) is 5.82 Å². The number of nitrogens with one attached hydrogen (secondary N) is 1. The van der Waals surface area contributed by atoms with E-state index in [4.69, 9.17) is 5.73 Å². The van der Waals surface area contributed by atoms with Gasteiger partial charge in [-0.1, -0.05) is 18.2 Å². The summed E-state index contributed by atoms with van der Waals surface area (Å²) in [5, 5.41) is 13.9. The molecular formula is C12H12N4O2. The Morgan fingerprint density at radius 2 is 2.11 bits per heavy atom. The Morgan fingerprint density at radius 3 is 2.83 bits per heavy atom. The Morgan fingerprint density at radius 1 is 1.33 bits per heavy atom. The van der Waals surface area contributed by atoms with E-state index in [9.17, 15) is 10.1 Å². The lowest BCUT2D eigenvalue weighted by Gasteiger charge is -2.07. The molecule has 0 unspecified atom stereocenters. The Labute approximate surface area is 104 Å². The van der Waals surface area contributed by atoms with Crippen LogP contribution in [0, 0.1) is 10.1 Å². The minimum atomic E-state index is -0.391. The third kappa shape index (κ3) is 2.73. The van der Waals surface area contributed by atoms with Gasteiger partial charge >= 0.3 is 0 Å². The second-order valence-corrected chi connectivity index (χ2v) is 3.71. The zero-order valence-corrected chi connectivity index (χ0v) is 9.54. The standard InChI is InChI=1S/C12H12N4O2/c13-12-7-10(5-6-14-12)15-8-9-3-1-2-4-11(9)16(17)18/h1-7H,8H2,(H3,13,14,15). The fraction of sp³-hybridized carbons (Fsp3) is 0.0833. The lowest BCUT2D eigenvalue weighted by atomic mass is 10.2. The van der Waals surface area contributed by atoms with E-state index in [1.54, 1.807) is 36.5 Å². The predicted octanol–water partition coefficient (Wildman–Crippen LogP) is 2.18. The number of hydrogen-bond donors (Lipinski definition) is 2. The number of nitro benzene ring substituents is 1. The van der Waals surface area contributed by atoms with Gasteiger partial charge in [-0.15, -0.1) is 0 Å². The van der Waals surface area contributed by atoms with Crippen LogP contribution in [0.25, 0.3) is 0 Å². The summed E-state index contributed by atoms with van der Waals surface area (Å²) < 4.78 is 0. The second-order valence-electron chi connectivity index (χ2n) is 3.71. The third-order valence-electron chi connectivity index (χ3n) is 2.45. The summed E-state index contributed by atoms with van der Waals surface area (Å²) in [6.45, 7) is 0.362. The van der Waals surface area contributed by atoms with Crippen LogP contribution in [0.1, 0.15) is 5.56 Å². The molecule has 0 radical (unpaired) electrons. The van der Waals surface area contributed by atoms with E-state index in [0.717, 1.165) is 5.69 Å². The topological polar surface area (TPSA) is 94.1 Å². The average molecular weight is 244 g/mol. The van der Waals surface area contributed by atoms with Crippen molar-refractivity contribution >= 4 is 17.2 Å². The quantitative estimate of drug-likeness (QED) is 0.635. The molecule has 0 bridgehead atoms. The van der Waals surface area contributed by atoms with Crippen LogP contribution in [0.5, 0.6) is 0 Å². The highest BCUT2D eigenvalue weighted by Crippen LogP contribution is 2.19. The van der Waals surface area contributed by atoms with Crippen LogP contribution >= 0.6 is 0 Å². The minimum Gasteiger partial charge on any atom is -0.384 e. The SMILES string of the molecule is Nc1cc(NCc2ccccc2[N+](=O)[O-])ccn1. The van der Waals surface area contributed by atoms with E-state index < -0.39 is 4.92 Å². The van der Waals surface area contributed by atoms with Crippen LogP contribution in [-0.4, -0.2) is 9.91 Å². The maximum absolute atomic E-state index is 10.8. The molecule has 0 saturated heterocycles. The number of nitrogen functional groups attached to an aromatic ring is 1. The summed E-state index contributed by atoms with van der Waals surface area (Å²) in [6.07, 6.45) is 1.58. The van der Waals surface area contributed by atoms with Gasteiger partial charge in [-0.2, -0.15) is 0 Å². The van der Waals surface area contributed by atoms with Crippen LogP contribution < -0.4 is 11.1 Å². The highest BCUT2D eigenvalue weighted by molar-refractivity contribution is 5.51. The highest BCUT2D eigenvalue weighted by atomic mass is 16.6. The molecule has 0 aliphatic rings. The number of benzene rings is 1. The number of nitrogens with zero attached hydrogens (tertiary/aromatic N) is 2. The van der Waals surface area contributed by atoms with Gasteiger partial charge in [0.15, 0.2) is 0 Å². The molecule has 18 heavy (non-hydrogen) atoms. The van der Waals surface area contributed by atoms with Gasteiger partial charge in [0.05, 0.1) is 4.92 Å². The normalized spacial score (nSPS) is 10.0. The molecule has 0 aliphatic carbocycles. The average Bonchev–Trinajstić information content (AvgIpc) is 2.37. The molecule has 1 heterocycles. The van der Waals surface area contributed by atoms with E-state index >= 15 is 0 Å². The van der Waals surface area contributed by atoms with Crippen molar-refractivity contribution in [3.63, 3.8) is 0 Å². The molecule has 2 aromatic rings. The maximum atomic E-state index is 10.8. The predicted molar refractivity (Wildman–Crippen MR) is 69.1 cm³/mol. The van der Waals surface area contributed by atoms with Crippen molar-refractivity contribution < 1.29 is 4.92 Å². The molecule has 0 spiro atoms. The first-order chi connectivity index (χ1) is 8.66. The lowest BCUT2D eigenvalue weighted by Crippen LogP contribution is -2.03. The third-order valence-corrected chi connectivity index (χ3v) is 2.45. The number of rotatable bonds is 4. The Kier molecular flexibility index (Phi) is 3.38. The van der Waals surface area contributed by atoms with Gasteiger partial charge in [0.2, 0.25) is 0 Å². The van der Waals surface area contributed by atoms with E-state index in [0.29, 0.717) is 17.9 Å². The van der Waals surface area contributed by atoms with Gasteiger partial charge < -0.3 is 11.1 Å². The minimum absolute atomic E-state index is 0.104. The Balaban J connectivity index is 2.13. The first-order valence-electron chi connectivity index (χ1n) is 5.34. The lowest BCUT2D eigenvalue weighted by molar-refractivity contribution is -0.385. The van der Waals surface area contributed by atoms with Crippen LogP contribution in [0.4, 0.5) is 17.2 Å². The zero-order chi connectivity index (χ0) is 13.0. The molecule has 0 atom stereocenters. The van der Waals surface area contributed by atoms with Crippen molar-refractivity contribution in [2.24, 2.45) is 0 Å². The monoisotopic (exact) mass is 244 g/mol. The van der Waals surface area contributed by atoms with Crippen LogP contribution in [0.2, 0.25) is 0 Å². The van der Waals surface area contributed by atoms with E-state index in [-0.39, 0.29) is 5.69 Å². The van der Waals surface area contributed by atoms with Crippen LogP contribution in [-0.2, 0) is 6.54 Å². The van der Waals surface area contributed by atoms with E-state index in [2.05, 4.69) is 10.3 Å². The summed E-state index contributed by atoms with van der Waals surface area (Å²) in [6, 6.07) is 10.0. The molecule has 0 amide bonds. The van der Waals surface area contributed by atoms with Gasteiger partial charge in [-0.05, 0) is 6.07 Å². The molecule has 92 valence electrons. The Bertz CT molecular complexity index is 572. The van der Waals surface area contributed by atoms with Crippen molar-refractivity contribution in [1.82, 2.24) is 4.98 Å². The molecule has 0 aliphatic heterocycles. The van der Waals surface area contributed by atoms with E-state index in [1.807, 2.05) is 0 Å². The summed E-state index contributed by atoms with van der Waals surface area (Å²) in [5.41, 5.74) is 7.05. The van der Waals surface area contributed by atoms with Gasteiger partial charge in [0.25, 0.3) is 5.69 Å². The molecular weight excluding hydrogens is 232 g/mol. The van der Waals surface area contributed by atoms with E-state index in [1.165, 1.54) is 6.07 Å². The maximum Gasteiger partial charge on any atom is 0.274 e. The van der Waals surface area contributed by atoms with Crippen LogP contribution in [0.3, 0.4) is 0 Å². The molecule has 3 N–H and O–H groups in total. The highest BCUT2D eigenvalue weighted by Gasteiger charge is 2.11. The van der Waals surface area contributed by atoms with Gasteiger partial charge in [-0.3, -0.25) is 10.1 Å². The fourth-order valence-corrected chi connectivity index (χ4v) is 1.59. The number of nitrogens with two attached hydrogens (primary N) is 1.